The number of nitrogens with zero attached hydrogens (tertiary/aromatic N) is 1. The van der Waals surface area contributed by atoms with Gasteiger partial charge in [-0.25, -0.2) is 4.79 Å². The number of rotatable bonds is 8. The monoisotopic (exact) mass is 355 g/mol. The van der Waals surface area contributed by atoms with Crippen molar-refractivity contribution in [3.63, 3.8) is 0 Å². The second kappa shape index (κ2) is 10.5. The number of ether oxygens (including phenoxy) is 1. The minimum absolute atomic E-state index is 0.0853. The van der Waals surface area contributed by atoms with Gasteiger partial charge in [-0.15, -0.1) is 0 Å². The lowest BCUT2D eigenvalue weighted by molar-refractivity contribution is -0.143. The molecule has 0 bridgehead atoms. The molecule has 0 saturated heterocycles. The topological polar surface area (TPSA) is 87.7 Å². The average Bonchev–Trinajstić information content (AvgIpc) is 2.52. The number of hydrogen-bond acceptors (Lipinski definition) is 4. The molecule has 0 atom stereocenters. The molecule has 24 heavy (non-hydrogen) atoms. The highest BCUT2D eigenvalue weighted by atomic mass is 35.5. The molecule has 3 amide bonds. The van der Waals surface area contributed by atoms with E-state index in [4.69, 9.17) is 16.3 Å². The van der Waals surface area contributed by atoms with Gasteiger partial charge in [0.05, 0.1) is 13.0 Å². The Hall–Kier alpha value is -2.28. The van der Waals surface area contributed by atoms with Gasteiger partial charge in [-0.3, -0.25) is 9.59 Å². The number of benzene rings is 1. The predicted molar refractivity (Wildman–Crippen MR) is 92.0 cm³/mol. The van der Waals surface area contributed by atoms with Crippen LogP contribution in [0.2, 0.25) is 5.02 Å². The van der Waals surface area contributed by atoms with Crippen LogP contribution in [0.15, 0.2) is 24.3 Å². The maximum atomic E-state index is 12.4. The Morgan fingerprint density at radius 2 is 1.83 bits per heavy atom. The fourth-order valence-corrected chi connectivity index (χ4v) is 2.00. The Morgan fingerprint density at radius 1 is 1.17 bits per heavy atom. The molecule has 0 aliphatic rings. The molecule has 1 rings (SSSR count). The Bertz CT molecular complexity index is 563. The summed E-state index contributed by atoms with van der Waals surface area (Å²) in [5.41, 5.74) is 0.588. The molecule has 0 unspecified atom stereocenters. The summed E-state index contributed by atoms with van der Waals surface area (Å²) in [7, 11) is 0. The summed E-state index contributed by atoms with van der Waals surface area (Å²) < 4.78 is 4.86. The summed E-state index contributed by atoms with van der Waals surface area (Å²) in [6.07, 6.45) is 0.0853. The normalized spacial score (nSPS) is 9.96. The van der Waals surface area contributed by atoms with Crippen LogP contribution in [0.3, 0.4) is 0 Å². The number of hydrogen-bond donors (Lipinski definition) is 2. The number of urea groups is 1. The molecule has 0 spiro atoms. The summed E-state index contributed by atoms with van der Waals surface area (Å²) in [6.45, 7) is 4.18. The number of amides is 3. The summed E-state index contributed by atoms with van der Waals surface area (Å²) >= 11 is 5.81. The van der Waals surface area contributed by atoms with E-state index in [0.717, 1.165) is 0 Å². The van der Waals surface area contributed by atoms with Crippen molar-refractivity contribution in [2.75, 3.05) is 31.6 Å². The fraction of sp³-hybridized carbons (Fsp3) is 0.438. The number of nitrogens with one attached hydrogen (secondary N) is 2. The predicted octanol–water partition coefficient (Wildman–Crippen LogP) is 2.26. The molecule has 132 valence electrons. The van der Waals surface area contributed by atoms with Crippen LogP contribution in [0.1, 0.15) is 20.3 Å². The number of carbonyl (C=O) groups is 3. The second-order valence-electron chi connectivity index (χ2n) is 4.96. The first-order valence-corrected chi connectivity index (χ1v) is 8.01. The van der Waals surface area contributed by atoms with Crippen LogP contribution < -0.4 is 10.6 Å². The van der Waals surface area contributed by atoms with Crippen molar-refractivity contribution < 1.29 is 19.1 Å². The van der Waals surface area contributed by atoms with Gasteiger partial charge < -0.3 is 20.3 Å². The molecular formula is C16H22ClN3O4. The minimum Gasteiger partial charge on any atom is -0.466 e. The maximum absolute atomic E-state index is 12.4. The molecular weight excluding hydrogens is 334 g/mol. The van der Waals surface area contributed by atoms with E-state index < -0.39 is 0 Å². The Morgan fingerprint density at radius 3 is 2.42 bits per heavy atom. The summed E-state index contributed by atoms with van der Waals surface area (Å²) in [6, 6.07) is 6.32. The lowest BCUT2D eigenvalue weighted by atomic mass is 10.3. The largest absolute Gasteiger partial charge is 0.466 e. The van der Waals surface area contributed by atoms with Crippen LogP contribution in [0.5, 0.6) is 0 Å². The maximum Gasteiger partial charge on any atom is 0.321 e. The van der Waals surface area contributed by atoms with Crippen LogP contribution in [0, 0.1) is 0 Å². The van der Waals surface area contributed by atoms with Crippen molar-refractivity contribution in [3.05, 3.63) is 29.3 Å². The van der Waals surface area contributed by atoms with E-state index in [0.29, 0.717) is 23.9 Å². The summed E-state index contributed by atoms with van der Waals surface area (Å²) in [5, 5.41) is 5.91. The van der Waals surface area contributed by atoms with Gasteiger partial charge in [0.25, 0.3) is 0 Å². The first-order chi connectivity index (χ1) is 11.4. The number of esters is 1. The first-order valence-electron chi connectivity index (χ1n) is 7.64. The summed E-state index contributed by atoms with van der Waals surface area (Å²) in [4.78, 5) is 36.2. The van der Waals surface area contributed by atoms with Crippen LogP contribution in [0.25, 0.3) is 0 Å². The van der Waals surface area contributed by atoms with E-state index in [1.165, 1.54) is 11.8 Å². The standard InChI is InChI=1S/C16H22ClN3O4/c1-3-24-15(22)8-10-20(11-9-18-12(2)21)16(23)19-14-6-4-13(17)5-7-14/h4-7H,3,8-11H2,1-2H3,(H,18,21)(H,19,23). The van der Waals surface area contributed by atoms with Gasteiger partial charge in [-0.2, -0.15) is 0 Å². The van der Waals surface area contributed by atoms with E-state index in [-0.39, 0.29) is 37.4 Å². The quantitative estimate of drug-likeness (QED) is 0.700. The molecule has 2 N–H and O–H groups in total. The number of carbonyl (C=O) groups excluding carboxylic acids is 3. The molecule has 0 saturated carbocycles. The third-order valence-corrected chi connectivity index (χ3v) is 3.28. The molecule has 0 fully saturated rings. The number of anilines is 1. The average molecular weight is 356 g/mol. The van der Waals surface area contributed by atoms with Crippen LogP contribution in [0.4, 0.5) is 10.5 Å². The zero-order valence-corrected chi connectivity index (χ0v) is 14.6. The number of halogens is 1. The van der Waals surface area contributed by atoms with Crippen molar-refractivity contribution in [2.45, 2.75) is 20.3 Å². The van der Waals surface area contributed by atoms with Gasteiger partial charge in [0.15, 0.2) is 0 Å². The molecule has 0 aliphatic heterocycles. The van der Waals surface area contributed by atoms with Crippen molar-refractivity contribution in [3.8, 4) is 0 Å². The zero-order chi connectivity index (χ0) is 17.9. The van der Waals surface area contributed by atoms with Gasteiger partial charge in [-0.1, -0.05) is 11.6 Å². The Labute approximate surface area is 146 Å². The van der Waals surface area contributed by atoms with E-state index in [2.05, 4.69) is 10.6 Å². The second-order valence-corrected chi connectivity index (χ2v) is 5.40. The van der Waals surface area contributed by atoms with Gasteiger partial charge in [-0.05, 0) is 31.2 Å². The van der Waals surface area contributed by atoms with Crippen LogP contribution in [-0.4, -0.2) is 49.0 Å². The Kier molecular flexibility index (Phi) is 8.64. The highest BCUT2D eigenvalue weighted by Gasteiger charge is 2.15. The van der Waals surface area contributed by atoms with Gasteiger partial charge >= 0.3 is 12.0 Å². The van der Waals surface area contributed by atoms with E-state index in [9.17, 15) is 14.4 Å². The minimum atomic E-state index is -0.374. The smallest absolute Gasteiger partial charge is 0.321 e. The van der Waals surface area contributed by atoms with E-state index in [1.807, 2.05) is 0 Å². The molecule has 1 aromatic carbocycles. The highest BCUT2D eigenvalue weighted by Crippen LogP contribution is 2.14. The van der Waals surface area contributed by atoms with Crippen molar-refractivity contribution in [1.29, 1.82) is 0 Å². The van der Waals surface area contributed by atoms with Gasteiger partial charge in [0, 0.05) is 37.3 Å². The van der Waals surface area contributed by atoms with Gasteiger partial charge in [0.1, 0.15) is 0 Å². The zero-order valence-electron chi connectivity index (χ0n) is 13.8. The van der Waals surface area contributed by atoms with E-state index in [1.54, 1.807) is 31.2 Å². The highest BCUT2D eigenvalue weighted by molar-refractivity contribution is 6.30. The lowest BCUT2D eigenvalue weighted by Crippen LogP contribution is -2.41. The third kappa shape index (κ3) is 7.82. The first kappa shape index (κ1) is 19.8. The molecule has 0 aliphatic carbocycles. The van der Waals surface area contributed by atoms with Crippen LogP contribution >= 0.6 is 11.6 Å². The van der Waals surface area contributed by atoms with Gasteiger partial charge in [0.2, 0.25) is 5.91 Å². The van der Waals surface area contributed by atoms with Crippen LogP contribution in [-0.2, 0) is 14.3 Å². The molecule has 1 aromatic rings. The Balaban J connectivity index is 2.62. The van der Waals surface area contributed by atoms with Crippen molar-refractivity contribution in [2.24, 2.45) is 0 Å². The van der Waals surface area contributed by atoms with Crippen molar-refractivity contribution in [1.82, 2.24) is 10.2 Å². The lowest BCUT2D eigenvalue weighted by Gasteiger charge is -2.23. The molecule has 0 aromatic heterocycles. The third-order valence-electron chi connectivity index (χ3n) is 3.03. The summed E-state index contributed by atoms with van der Waals surface area (Å²) in [5.74, 6) is -0.556. The molecule has 7 nitrogen and oxygen atoms in total. The van der Waals surface area contributed by atoms with Crippen molar-refractivity contribution >= 4 is 35.2 Å². The fourth-order valence-electron chi connectivity index (χ4n) is 1.88. The molecule has 0 heterocycles. The molecule has 8 heteroatoms. The molecule has 0 radical (unpaired) electrons. The SMILES string of the molecule is CCOC(=O)CCN(CCNC(C)=O)C(=O)Nc1ccc(Cl)cc1. The van der Waals surface area contributed by atoms with E-state index >= 15 is 0 Å².